The first-order valence-corrected chi connectivity index (χ1v) is 3.10. The number of allylic oxidation sites excluding steroid dienone is 2. The van der Waals surface area contributed by atoms with Crippen LogP contribution in [0.15, 0.2) is 28.4 Å². The summed E-state index contributed by atoms with van der Waals surface area (Å²) < 4.78 is 4.36. The maximum Gasteiger partial charge on any atom is 0.356 e. The number of halogens is 1. The quantitative estimate of drug-likeness (QED) is 0.281. The number of nitrogens with zero attached hydrogens (tertiary/aromatic N) is 1. The van der Waals surface area contributed by atoms with Crippen molar-refractivity contribution in [3.05, 3.63) is 23.4 Å². The van der Waals surface area contributed by atoms with Gasteiger partial charge in [-0.15, -0.1) is 0 Å². The van der Waals surface area contributed by atoms with E-state index in [1.54, 1.807) is 0 Å². The number of carbonyl (C=O) groups is 1. The summed E-state index contributed by atoms with van der Waals surface area (Å²) in [5.74, 6) is -0.582. The number of carbonyl (C=O) groups excluding carboxylic acids is 1. The lowest BCUT2D eigenvalue weighted by atomic mass is 10.4. The summed E-state index contributed by atoms with van der Waals surface area (Å²) in [6.45, 7) is 6.52. The number of aliphatic imine (C=N–C) groups is 1. The van der Waals surface area contributed by atoms with Crippen LogP contribution in [0.25, 0.3) is 0 Å². The fourth-order valence-electron chi connectivity index (χ4n) is 0.422. The summed E-state index contributed by atoms with van der Waals surface area (Å²) in [5.41, 5.74) is 0.0486. The molecule has 0 aromatic carbocycles. The largest absolute Gasteiger partial charge is 0.464 e. The highest BCUT2D eigenvalue weighted by molar-refractivity contribution is 6.31. The molecular weight excluding hydrogens is 166 g/mol. The summed E-state index contributed by atoms with van der Waals surface area (Å²) in [5, 5.41) is 0.206. The van der Waals surface area contributed by atoms with E-state index in [9.17, 15) is 4.79 Å². The molecule has 0 aromatic rings. The summed E-state index contributed by atoms with van der Waals surface area (Å²) in [6, 6.07) is 0. The molecule has 0 atom stereocenters. The third kappa shape index (κ3) is 3.57. The highest BCUT2D eigenvalue weighted by atomic mass is 35.5. The summed E-state index contributed by atoms with van der Waals surface area (Å²) in [6.07, 6.45) is 1.28. The van der Waals surface area contributed by atoms with Gasteiger partial charge in [-0.3, -0.25) is 4.99 Å². The molecule has 0 aliphatic carbocycles. The van der Waals surface area contributed by atoms with Gasteiger partial charge >= 0.3 is 5.97 Å². The number of esters is 1. The zero-order chi connectivity index (χ0) is 8.85. The molecule has 0 heterocycles. The molecule has 60 valence electrons. The van der Waals surface area contributed by atoms with Crippen LogP contribution in [0.1, 0.15) is 0 Å². The fraction of sp³-hybridized carbons (Fsp3) is 0.143. The van der Waals surface area contributed by atoms with Gasteiger partial charge in [0.2, 0.25) is 0 Å². The maximum atomic E-state index is 10.8. The molecular formula is C7H8ClNO2. The summed E-state index contributed by atoms with van der Waals surface area (Å²) >= 11 is 5.39. The number of ether oxygens (including phenoxy) is 1. The van der Waals surface area contributed by atoms with Crippen molar-refractivity contribution in [3.63, 3.8) is 0 Å². The Morgan fingerprint density at radius 3 is 2.55 bits per heavy atom. The number of hydrogen-bond donors (Lipinski definition) is 0. The molecule has 11 heavy (non-hydrogen) atoms. The van der Waals surface area contributed by atoms with Crippen molar-refractivity contribution in [1.29, 1.82) is 0 Å². The van der Waals surface area contributed by atoms with Crippen LogP contribution in [0.2, 0.25) is 0 Å². The third-order valence-corrected chi connectivity index (χ3v) is 0.967. The molecule has 0 radical (unpaired) electrons. The predicted octanol–water partition coefficient (Wildman–Crippen LogP) is 1.50. The molecule has 0 aliphatic rings. The van der Waals surface area contributed by atoms with Crippen molar-refractivity contribution in [2.24, 2.45) is 4.99 Å². The van der Waals surface area contributed by atoms with E-state index in [4.69, 9.17) is 11.6 Å². The minimum atomic E-state index is -0.582. The minimum Gasteiger partial charge on any atom is -0.464 e. The Hall–Kier alpha value is -1.09. The molecule has 0 aliphatic heterocycles. The molecule has 0 spiro atoms. The summed E-state index contributed by atoms with van der Waals surface area (Å²) in [4.78, 5) is 14.1. The molecule has 0 amide bonds. The van der Waals surface area contributed by atoms with E-state index in [1.807, 2.05) is 0 Å². The smallest absolute Gasteiger partial charge is 0.356 e. The molecule has 4 heteroatoms. The summed E-state index contributed by atoms with van der Waals surface area (Å²) in [7, 11) is 1.25. The average molecular weight is 174 g/mol. The van der Waals surface area contributed by atoms with Gasteiger partial charge in [0.05, 0.1) is 7.11 Å². The zero-order valence-corrected chi connectivity index (χ0v) is 6.89. The van der Waals surface area contributed by atoms with Crippen LogP contribution in [0.3, 0.4) is 0 Å². The van der Waals surface area contributed by atoms with Gasteiger partial charge in [0.1, 0.15) is 5.70 Å². The normalized spacial score (nSPS) is 10.5. The zero-order valence-electron chi connectivity index (χ0n) is 6.13. The molecule has 0 saturated carbocycles. The van der Waals surface area contributed by atoms with Crippen molar-refractivity contribution >= 4 is 24.3 Å². The van der Waals surface area contributed by atoms with Gasteiger partial charge in [-0.05, 0) is 12.8 Å². The van der Waals surface area contributed by atoms with Gasteiger partial charge in [0.25, 0.3) is 0 Å². The lowest BCUT2D eigenvalue weighted by Gasteiger charge is -1.96. The second-order valence-corrected chi connectivity index (χ2v) is 2.11. The van der Waals surface area contributed by atoms with E-state index >= 15 is 0 Å². The molecule has 0 N–H and O–H groups in total. The van der Waals surface area contributed by atoms with Gasteiger partial charge < -0.3 is 4.74 Å². The highest BCUT2D eigenvalue weighted by Gasteiger charge is 2.05. The highest BCUT2D eigenvalue weighted by Crippen LogP contribution is 2.06. The Morgan fingerprint density at radius 1 is 1.73 bits per heavy atom. The molecule has 0 rings (SSSR count). The predicted molar refractivity (Wildman–Crippen MR) is 44.6 cm³/mol. The van der Waals surface area contributed by atoms with E-state index in [0.717, 1.165) is 0 Å². The van der Waals surface area contributed by atoms with E-state index in [-0.39, 0.29) is 10.7 Å². The van der Waals surface area contributed by atoms with Crippen LogP contribution < -0.4 is 0 Å². The van der Waals surface area contributed by atoms with E-state index < -0.39 is 5.97 Å². The van der Waals surface area contributed by atoms with Crippen LogP contribution in [-0.2, 0) is 9.53 Å². The topological polar surface area (TPSA) is 38.7 Å². The van der Waals surface area contributed by atoms with Gasteiger partial charge in [0.15, 0.2) is 0 Å². The molecule has 0 unspecified atom stereocenters. The minimum absolute atomic E-state index is 0.0486. The third-order valence-electron chi connectivity index (χ3n) is 0.858. The van der Waals surface area contributed by atoms with Crippen LogP contribution >= 0.6 is 11.6 Å². The van der Waals surface area contributed by atoms with Gasteiger partial charge in [0, 0.05) is 5.03 Å². The first kappa shape index (κ1) is 9.91. The average Bonchev–Trinajstić information content (AvgIpc) is 1.98. The van der Waals surface area contributed by atoms with Gasteiger partial charge in [-0.25, -0.2) is 4.79 Å². The van der Waals surface area contributed by atoms with Crippen molar-refractivity contribution in [2.45, 2.75) is 0 Å². The number of rotatable bonds is 3. The van der Waals surface area contributed by atoms with Gasteiger partial charge in [-0.1, -0.05) is 18.2 Å². The first-order chi connectivity index (χ1) is 5.11. The number of methoxy groups -OCH3 is 1. The maximum absolute atomic E-state index is 10.8. The van der Waals surface area contributed by atoms with Crippen molar-refractivity contribution < 1.29 is 9.53 Å². The Kier molecular flexibility index (Phi) is 4.22. The first-order valence-electron chi connectivity index (χ1n) is 2.73. The Morgan fingerprint density at radius 2 is 2.27 bits per heavy atom. The van der Waals surface area contributed by atoms with Gasteiger partial charge in [-0.2, -0.15) is 0 Å². The molecule has 0 bridgehead atoms. The fourth-order valence-corrected chi connectivity index (χ4v) is 0.525. The number of hydrogen-bond acceptors (Lipinski definition) is 3. The lowest BCUT2D eigenvalue weighted by Crippen LogP contribution is -2.02. The van der Waals surface area contributed by atoms with Crippen molar-refractivity contribution in [1.82, 2.24) is 0 Å². The molecule has 0 saturated heterocycles. The van der Waals surface area contributed by atoms with Crippen LogP contribution in [0.5, 0.6) is 0 Å². The van der Waals surface area contributed by atoms with Crippen LogP contribution in [0, 0.1) is 0 Å². The molecule has 0 aromatic heterocycles. The monoisotopic (exact) mass is 173 g/mol. The molecule has 0 fully saturated rings. The van der Waals surface area contributed by atoms with E-state index in [0.29, 0.717) is 0 Å². The van der Waals surface area contributed by atoms with E-state index in [1.165, 1.54) is 13.2 Å². The van der Waals surface area contributed by atoms with Crippen molar-refractivity contribution in [3.8, 4) is 0 Å². The molecule has 3 nitrogen and oxygen atoms in total. The second-order valence-electron chi connectivity index (χ2n) is 1.63. The SMILES string of the molecule is C=N/C(=C\C(=C)Cl)C(=O)OC. The van der Waals surface area contributed by atoms with E-state index in [2.05, 4.69) is 23.0 Å². The van der Waals surface area contributed by atoms with Crippen LogP contribution in [0.4, 0.5) is 0 Å². The van der Waals surface area contributed by atoms with Crippen LogP contribution in [-0.4, -0.2) is 19.8 Å². The standard InChI is InChI=1S/C7H8ClNO2/c1-5(8)4-6(9-2)7(10)11-3/h4H,1-2H2,3H3/b6-4-. The van der Waals surface area contributed by atoms with Crippen molar-refractivity contribution in [2.75, 3.05) is 7.11 Å². The lowest BCUT2D eigenvalue weighted by molar-refractivity contribution is -0.136. The second kappa shape index (κ2) is 4.68. The Bertz CT molecular complexity index is 220. The Labute approximate surface area is 70.0 Å². The Balaban J connectivity index is 4.52.